The number of nitrogens with zero attached hydrogens (tertiary/aromatic N) is 6. The van der Waals surface area contributed by atoms with E-state index in [1.165, 1.54) is 6.33 Å². The maximum absolute atomic E-state index is 5.17. The van der Waals surface area contributed by atoms with Crippen LogP contribution in [0.25, 0.3) is 5.69 Å². The van der Waals surface area contributed by atoms with Crippen molar-refractivity contribution < 1.29 is 4.74 Å². The second-order valence-corrected chi connectivity index (χ2v) is 5.53. The summed E-state index contributed by atoms with van der Waals surface area (Å²) in [7, 11) is 5.23. The van der Waals surface area contributed by atoms with Gasteiger partial charge in [-0.1, -0.05) is 0 Å². The van der Waals surface area contributed by atoms with E-state index in [-0.39, 0.29) is 24.0 Å². The van der Waals surface area contributed by atoms with Gasteiger partial charge in [-0.05, 0) is 30.3 Å². The molecule has 3 rings (SSSR count). The van der Waals surface area contributed by atoms with Crippen molar-refractivity contribution in [2.75, 3.05) is 14.2 Å². The third kappa shape index (κ3) is 5.42. The lowest BCUT2D eigenvalue weighted by molar-refractivity contribution is 0.414. The number of nitrogens with one attached hydrogen (secondary N) is 2. The molecule has 2 N–H and O–H groups in total. The molecule has 0 fully saturated rings. The largest absolute Gasteiger partial charge is 0.497 e. The number of ether oxygens (including phenoxy) is 1. The zero-order valence-corrected chi connectivity index (χ0v) is 17.8. The predicted molar refractivity (Wildman–Crippen MR) is 114 cm³/mol. The summed E-state index contributed by atoms with van der Waals surface area (Å²) < 4.78 is 8.72. The molecule has 0 atom stereocenters. The van der Waals surface area contributed by atoms with Gasteiger partial charge in [0.1, 0.15) is 17.9 Å². The van der Waals surface area contributed by atoms with Gasteiger partial charge in [0, 0.05) is 20.3 Å². The zero-order valence-electron chi connectivity index (χ0n) is 15.5. The normalized spacial score (nSPS) is 11.0. The van der Waals surface area contributed by atoms with E-state index in [9.17, 15) is 0 Å². The minimum absolute atomic E-state index is 0. The standard InChI is InChI=1S/C17H22N8O.HI/c1-18-17(20-11-16-21-12-22-24(16)2)19-10-13-8-9-25(23-13)14-4-6-15(26-3)7-5-14;/h4-9,12H,10-11H2,1-3H3,(H2,18,19,20);1H. The Morgan fingerprint density at radius 3 is 2.52 bits per heavy atom. The van der Waals surface area contributed by atoms with Gasteiger partial charge in [0.15, 0.2) is 5.96 Å². The molecule has 0 spiro atoms. The summed E-state index contributed by atoms with van der Waals surface area (Å²) in [5, 5.41) is 15.0. The first-order chi connectivity index (χ1) is 12.7. The lowest BCUT2D eigenvalue weighted by Crippen LogP contribution is -2.37. The van der Waals surface area contributed by atoms with Crippen molar-refractivity contribution in [2.24, 2.45) is 12.0 Å². The number of halogens is 1. The maximum Gasteiger partial charge on any atom is 0.191 e. The van der Waals surface area contributed by atoms with Crippen molar-refractivity contribution in [3.8, 4) is 11.4 Å². The van der Waals surface area contributed by atoms with Gasteiger partial charge < -0.3 is 15.4 Å². The monoisotopic (exact) mass is 482 g/mol. The van der Waals surface area contributed by atoms with Gasteiger partial charge in [0.25, 0.3) is 0 Å². The van der Waals surface area contributed by atoms with Crippen LogP contribution in [0.3, 0.4) is 0 Å². The van der Waals surface area contributed by atoms with Gasteiger partial charge in [-0.3, -0.25) is 9.67 Å². The third-order valence-electron chi connectivity index (χ3n) is 3.86. The Morgan fingerprint density at radius 2 is 1.89 bits per heavy atom. The Hall–Kier alpha value is -2.63. The lowest BCUT2D eigenvalue weighted by atomic mass is 10.3. The molecule has 0 saturated heterocycles. The summed E-state index contributed by atoms with van der Waals surface area (Å²) in [5.74, 6) is 2.32. The summed E-state index contributed by atoms with van der Waals surface area (Å²) >= 11 is 0. The van der Waals surface area contributed by atoms with E-state index in [1.807, 2.05) is 48.3 Å². The van der Waals surface area contributed by atoms with Gasteiger partial charge in [0.05, 0.1) is 31.6 Å². The van der Waals surface area contributed by atoms with Crippen molar-refractivity contribution >= 4 is 29.9 Å². The van der Waals surface area contributed by atoms with Crippen molar-refractivity contribution in [1.29, 1.82) is 0 Å². The van der Waals surface area contributed by atoms with Gasteiger partial charge in [-0.15, -0.1) is 24.0 Å². The molecular formula is C17H23IN8O. The average Bonchev–Trinajstić information content (AvgIpc) is 3.31. The first-order valence-electron chi connectivity index (χ1n) is 8.16. The fraction of sp³-hybridized carbons (Fsp3) is 0.294. The van der Waals surface area contributed by atoms with Crippen molar-refractivity contribution in [1.82, 2.24) is 35.2 Å². The molecule has 0 amide bonds. The van der Waals surface area contributed by atoms with Crippen LogP contribution >= 0.6 is 24.0 Å². The quantitative estimate of drug-likeness (QED) is 0.314. The molecule has 9 nitrogen and oxygen atoms in total. The molecule has 3 aromatic rings. The molecular weight excluding hydrogens is 459 g/mol. The SMILES string of the molecule is CN=C(NCc1ccn(-c2ccc(OC)cc2)n1)NCc1ncnn1C.I. The van der Waals surface area contributed by atoms with Gasteiger partial charge in [0.2, 0.25) is 0 Å². The van der Waals surface area contributed by atoms with Crippen LogP contribution in [0.1, 0.15) is 11.5 Å². The van der Waals surface area contributed by atoms with Crippen molar-refractivity contribution in [2.45, 2.75) is 13.1 Å². The van der Waals surface area contributed by atoms with Crippen LogP contribution < -0.4 is 15.4 Å². The highest BCUT2D eigenvalue weighted by Crippen LogP contribution is 2.14. The Bertz CT molecular complexity index is 871. The molecule has 0 radical (unpaired) electrons. The van der Waals surface area contributed by atoms with Crippen LogP contribution in [0.15, 0.2) is 47.8 Å². The van der Waals surface area contributed by atoms with Crippen LogP contribution in [0.2, 0.25) is 0 Å². The number of methoxy groups -OCH3 is 1. The van der Waals surface area contributed by atoms with E-state index < -0.39 is 0 Å². The third-order valence-corrected chi connectivity index (χ3v) is 3.86. The fourth-order valence-electron chi connectivity index (χ4n) is 2.37. The van der Waals surface area contributed by atoms with Crippen LogP contribution in [0, 0.1) is 0 Å². The van der Waals surface area contributed by atoms with Crippen LogP contribution in [-0.4, -0.2) is 44.7 Å². The van der Waals surface area contributed by atoms with E-state index in [0.717, 1.165) is 23.0 Å². The topological polar surface area (TPSA) is 94.2 Å². The highest BCUT2D eigenvalue weighted by Gasteiger charge is 2.05. The van der Waals surface area contributed by atoms with E-state index >= 15 is 0 Å². The Morgan fingerprint density at radius 1 is 1.15 bits per heavy atom. The van der Waals surface area contributed by atoms with Gasteiger partial charge in [-0.25, -0.2) is 9.67 Å². The maximum atomic E-state index is 5.17. The van der Waals surface area contributed by atoms with Crippen LogP contribution in [0.5, 0.6) is 5.75 Å². The molecule has 0 unspecified atom stereocenters. The summed E-state index contributed by atoms with van der Waals surface area (Å²) in [5.41, 5.74) is 1.88. The number of hydrogen-bond acceptors (Lipinski definition) is 5. The molecule has 0 aliphatic heterocycles. The van der Waals surface area contributed by atoms with Crippen molar-refractivity contribution in [3.05, 3.63) is 54.4 Å². The van der Waals surface area contributed by atoms with E-state index in [1.54, 1.807) is 18.8 Å². The predicted octanol–water partition coefficient (Wildman–Crippen LogP) is 1.49. The molecule has 144 valence electrons. The lowest BCUT2D eigenvalue weighted by Gasteiger charge is -2.10. The van der Waals surface area contributed by atoms with E-state index in [0.29, 0.717) is 19.0 Å². The van der Waals surface area contributed by atoms with Crippen LogP contribution in [-0.2, 0) is 20.1 Å². The minimum Gasteiger partial charge on any atom is -0.497 e. The molecule has 27 heavy (non-hydrogen) atoms. The summed E-state index contributed by atoms with van der Waals surface area (Å²) in [4.78, 5) is 8.38. The number of hydrogen-bond donors (Lipinski definition) is 2. The Balaban J connectivity index is 0.00000261. The minimum atomic E-state index is 0. The van der Waals surface area contributed by atoms with E-state index in [4.69, 9.17) is 4.74 Å². The molecule has 0 aliphatic carbocycles. The first kappa shape index (κ1) is 20.7. The average molecular weight is 482 g/mol. The molecule has 0 saturated carbocycles. The smallest absolute Gasteiger partial charge is 0.191 e. The molecule has 0 bridgehead atoms. The fourth-order valence-corrected chi connectivity index (χ4v) is 2.37. The first-order valence-corrected chi connectivity index (χ1v) is 8.16. The Labute approximate surface area is 174 Å². The molecule has 1 aromatic carbocycles. The van der Waals surface area contributed by atoms with Gasteiger partial charge >= 0.3 is 0 Å². The summed E-state index contributed by atoms with van der Waals surface area (Å²) in [6, 6.07) is 9.71. The number of guanidine groups is 1. The molecule has 10 heteroatoms. The molecule has 2 heterocycles. The summed E-state index contributed by atoms with van der Waals surface area (Å²) in [6.07, 6.45) is 3.45. The summed E-state index contributed by atoms with van der Waals surface area (Å²) in [6.45, 7) is 1.10. The second-order valence-electron chi connectivity index (χ2n) is 5.53. The highest BCUT2D eigenvalue weighted by atomic mass is 127. The number of aryl methyl sites for hydroxylation is 1. The molecule has 0 aliphatic rings. The molecule has 2 aromatic heterocycles. The van der Waals surface area contributed by atoms with Gasteiger partial charge in [-0.2, -0.15) is 10.2 Å². The number of benzene rings is 1. The number of aromatic nitrogens is 5. The number of aliphatic imine (C=N–C) groups is 1. The second kappa shape index (κ2) is 9.90. The number of rotatable bonds is 6. The zero-order chi connectivity index (χ0) is 18.4. The highest BCUT2D eigenvalue weighted by molar-refractivity contribution is 14.0. The van der Waals surface area contributed by atoms with Crippen molar-refractivity contribution in [3.63, 3.8) is 0 Å². The van der Waals surface area contributed by atoms with E-state index in [2.05, 4.69) is 30.8 Å². The Kier molecular flexibility index (Phi) is 7.58. The van der Waals surface area contributed by atoms with Crippen LogP contribution in [0.4, 0.5) is 0 Å².